The van der Waals surface area contributed by atoms with Crippen molar-refractivity contribution in [2.24, 2.45) is 0 Å². The lowest BCUT2D eigenvalue weighted by atomic mass is 9.91. The number of rotatable bonds is 6. The summed E-state index contributed by atoms with van der Waals surface area (Å²) >= 11 is 5.91. The highest BCUT2D eigenvalue weighted by Crippen LogP contribution is 2.30. The average molecular weight is 469 g/mol. The van der Waals surface area contributed by atoms with E-state index in [1.807, 2.05) is 0 Å². The van der Waals surface area contributed by atoms with Gasteiger partial charge in [0.1, 0.15) is 23.1 Å². The molecule has 33 heavy (non-hydrogen) atoms. The first kappa shape index (κ1) is 22.2. The monoisotopic (exact) mass is 468 g/mol. The van der Waals surface area contributed by atoms with Crippen molar-refractivity contribution in [3.05, 3.63) is 100 Å². The van der Waals surface area contributed by atoms with Gasteiger partial charge in [-0.2, -0.15) is 0 Å². The van der Waals surface area contributed by atoms with Gasteiger partial charge < -0.3 is 14.8 Å². The Morgan fingerprint density at radius 3 is 2.55 bits per heavy atom. The number of aromatic nitrogens is 1. The largest absolute Gasteiger partial charge is 0.481 e. The third kappa shape index (κ3) is 4.91. The van der Waals surface area contributed by atoms with E-state index in [1.165, 1.54) is 36.7 Å². The fourth-order valence-electron chi connectivity index (χ4n) is 3.32. The Kier molecular flexibility index (Phi) is 6.19. The van der Waals surface area contributed by atoms with E-state index < -0.39 is 29.4 Å². The highest BCUT2D eigenvalue weighted by Gasteiger charge is 2.24. The predicted octanol–water partition coefficient (Wildman–Crippen LogP) is 5.63. The van der Waals surface area contributed by atoms with Crippen molar-refractivity contribution < 1.29 is 27.9 Å². The fourth-order valence-corrected chi connectivity index (χ4v) is 3.55. The summed E-state index contributed by atoms with van der Waals surface area (Å²) in [4.78, 5) is 28.1. The van der Waals surface area contributed by atoms with Crippen molar-refractivity contribution in [3.63, 3.8) is 0 Å². The lowest BCUT2D eigenvalue weighted by molar-refractivity contribution is -0.137. The maximum atomic E-state index is 14.7. The first-order valence-electron chi connectivity index (χ1n) is 9.61. The number of oxazole rings is 1. The van der Waals surface area contributed by atoms with Crippen molar-refractivity contribution >= 4 is 46.3 Å². The molecule has 6 nitrogen and oxygen atoms in total. The fraction of sp³-hybridized carbons (Fsp3) is 0.0417. The second-order valence-corrected chi connectivity index (χ2v) is 7.49. The van der Waals surface area contributed by atoms with Crippen molar-refractivity contribution in [2.75, 3.05) is 5.32 Å². The van der Waals surface area contributed by atoms with Crippen LogP contribution in [0.15, 0.2) is 71.5 Å². The number of nitrogens with zero attached hydrogens (tertiary/aromatic N) is 1. The topological polar surface area (TPSA) is 92.4 Å². The number of amides is 1. The minimum atomic E-state index is -1.17. The Bertz CT molecular complexity index is 1400. The van der Waals surface area contributed by atoms with Crippen molar-refractivity contribution in [1.82, 2.24) is 4.98 Å². The SMILES string of the molecule is O=C(C=Cc1ccc(F)cc1Cl)Nc1ccc(C(C(=O)O)c2ccc3ocnc3c2)cc1F. The van der Waals surface area contributed by atoms with E-state index in [4.69, 9.17) is 16.0 Å². The minimum Gasteiger partial charge on any atom is -0.481 e. The molecule has 0 aliphatic rings. The van der Waals surface area contributed by atoms with Gasteiger partial charge >= 0.3 is 5.97 Å². The number of carbonyl (C=O) groups is 2. The number of fused-ring (bicyclic) bond motifs is 1. The van der Waals surface area contributed by atoms with E-state index in [9.17, 15) is 23.5 Å². The summed E-state index contributed by atoms with van der Waals surface area (Å²) in [6.45, 7) is 0. The molecule has 0 saturated heterocycles. The Morgan fingerprint density at radius 1 is 1.06 bits per heavy atom. The lowest BCUT2D eigenvalue weighted by Crippen LogP contribution is -2.14. The van der Waals surface area contributed by atoms with Crippen LogP contribution in [0.5, 0.6) is 0 Å². The van der Waals surface area contributed by atoms with E-state index >= 15 is 0 Å². The third-order valence-corrected chi connectivity index (χ3v) is 5.22. The van der Waals surface area contributed by atoms with Crippen LogP contribution in [0.4, 0.5) is 14.5 Å². The van der Waals surface area contributed by atoms with E-state index in [0.717, 1.165) is 18.2 Å². The summed E-state index contributed by atoms with van der Waals surface area (Å²) < 4.78 is 33.0. The van der Waals surface area contributed by atoms with Crippen molar-refractivity contribution in [3.8, 4) is 0 Å². The van der Waals surface area contributed by atoms with Crippen LogP contribution >= 0.6 is 11.6 Å². The minimum absolute atomic E-state index is 0.123. The molecule has 166 valence electrons. The van der Waals surface area contributed by atoms with Gasteiger partial charge in [0.25, 0.3) is 0 Å². The quantitative estimate of drug-likeness (QED) is 0.358. The maximum Gasteiger partial charge on any atom is 0.315 e. The summed E-state index contributed by atoms with van der Waals surface area (Å²) in [7, 11) is 0. The Balaban J connectivity index is 1.54. The van der Waals surface area contributed by atoms with Crippen molar-refractivity contribution in [1.29, 1.82) is 0 Å². The molecule has 0 spiro atoms. The number of aliphatic carboxylic acids is 1. The normalized spacial score (nSPS) is 12.2. The molecule has 1 amide bonds. The van der Waals surface area contributed by atoms with Crippen LogP contribution < -0.4 is 5.32 Å². The van der Waals surface area contributed by atoms with E-state index in [-0.39, 0.29) is 16.3 Å². The molecule has 0 saturated carbocycles. The second kappa shape index (κ2) is 9.22. The molecule has 1 unspecified atom stereocenters. The molecule has 1 aromatic heterocycles. The summed E-state index contributed by atoms with van der Waals surface area (Å²) in [5.74, 6) is -4.28. The van der Waals surface area contributed by atoms with Crippen LogP contribution in [-0.2, 0) is 9.59 Å². The predicted molar refractivity (Wildman–Crippen MR) is 119 cm³/mol. The summed E-state index contributed by atoms with van der Waals surface area (Å²) in [6, 6.07) is 12.2. The van der Waals surface area contributed by atoms with Crippen LogP contribution in [0, 0.1) is 11.6 Å². The standard InChI is InChI=1S/C24H15ClF2N2O4/c25-17-11-16(26)5-1-13(17)4-8-22(30)29-19-6-2-14(9-18(19)27)23(24(31)32)15-3-7-21-20(10-15)28-12-33-21/h1-12,23H,(H,29,30)(H,31,32). The number of hydrogen-bond acceptors (Lipinski definition) is 4. The van der Waals surface area contributed by atoms with Crippen molar-refractivity contribution in [2.45, 2.75) is 5.92 Å². The zero-order valence-corrected chi connectivity index (χ0v) is 17.5. The van der Waals surface area contributed by atoms with Crippen LogP contribution in [0.3, 0.4) is 0 Å². The lowest BCUT2D eigenvalue weighted by Gasteiger charge is -2.14. The van der Waals surface area contributed by atoms with Gasteiger partial charge in [-0.1, -0.05) is 29.8 Å². The highest BCUT2D eigenvalue weighted by molar-refractivity contribution is 6.32. The molecule has 9 heteroatoms. The summed E-state index contributed by atoms with van der Waals surface area (Å²) in [6.07, 6.45) is 3.74. The van der Waals surface area contributed by atoms with E-state index in [1.54, 1.807) is 18.2 Å². The van der Waals surface area contributed by atoms with Crippen LogP contribution in [0.1, 0.15) is 22.6 Å². The molecule has 4 rings (SSSR count). The maximum absolute atomic E-state index is 14.7. The van der Waals surface area contributed by atoms with Gasteiger partial charge in [-0.25, -0.2) is 13.8 Å². The van der Waals surface area contributed by atoms with Crippen LogP contribution in [0.2, 0.25) is 5.02 Å². The molecule has 4 aromatic rings. The van der Waals surface area contributed by atoms with Crippen LogP contribution in [-0.4, -0.2) is 22.0 Å². The molecule has 0 radical (unpaired) electrons. The summed E-state index contributed by atoms with van der Waals surface area (Å²) in [5.41, 5.74) is 1.86. The van der Waals surface area contributed by atoms with E-state index in [2.05, 4.69) is 10.3 Å². The summed E-state index contributed by atoms with van der Waals surface area (Å²) in [5, 5.41) is 12.2. The second-order valence-electron chi connectivity index (χ2n) is 7.08. The van der Waals surface area contributed by atoms with Crippen LogP contribution in [0.25, 0.3) is 17.2 Å². The number of anilines is 1. The van der Waals surface area contributed by atoms with E-state index in [0.29, 0.717) is 22.2 Å². The highest BCUT2D eigenvalue weighted by atomic mass is 35.5. The van der Waals surface area contributed by atoms with Gasteiger partial charge in [0, 0.05) is 6.08 Å². The first-order valence-corrected chi connectivity index (χ1v) is 9.99. The van der Waals surface area contributed by atoms with Gasteiger partial charge in [0.2, 0.25) is 5.91 Å². The number of carbonyl (C=O) groups excluding carboxylic acids is 1. The number of carboxylic acid groups (broad SMARTS) is 1. The number of halogens is 3. The molecular formula is C24H15ClF2N2O4. The Hall–Kier alpha value is -4.04. The number of nitrogens with one attached hydrogen (secondary N) is 1. The number of carboxylic acids is 1. The molecule has 0 aliphatic heterocycles. The van der Waals surface area contributed by atoms with Gasteiger partial charge in [0.05, 0.1) is 10.7 Å². The molecule has 3 aromatic carbocycles. The molecular weight excluding hydrogens is 454 g/mol. The molecule has 0 fully saturated rings. The molecule has 0 bridgehead atoms. The number of benzene rings is 3. The zero-order valence-electron chi connectivity index (χ0n) is 16.8. The molecule has 0 aliphatic carbocycles. The Morgan fingerprint density at radius 2 is 1.82 bits per heavy atom. The van der Waals surface area contributed by atoms with Gasteiger partial charge in [-0.05, 0) is 59.2 Å². The smallest absolute Gasteiger partial charge is 0.315 e. The molecule has 1 atom stereocenters. The number of hydrogen-bond donors (Lipinski definition) is 2. The average Bonchev–Trinajstić information content (AvgIpc) is 3.23. The van der Waals surface area contributed by atoms with Gasteiger partial charge in [-0.3, -0.25) is 9.59 Å². The molecule has 2 N–H and O–H groups in total. The van der Waals surface area contributed by atoms with Gasteiger partial charge in [0.15, 0.2) is 12.0 Å². The van der Waals surface area contributed by atoms with Gasteiger partial charge in [-0.15, -0.1) is 0 Å². The zero-order chi connectivity index (χ0) is 23.5. The molecule has 1 heterocycles. The third-order valence-electron chi connectivity index (χ3n) is 4.90. The first-order chi connectivity index (χ1) is 15.8. The Labute approximate surface area is 191 Å².